The Balaban J connectivity index is 1.61. The van der Waals surface area contributed by atoms with Crippen molar-refractivity contribution in [3.8, 4) is 0 Å². The van der Waals surface area contributed by atoms with Gasteiger partial charge in [-0.15, -0.1) is 0 Å². The molecule has 0 amide bonds. The number of piperidine rings is 1. The third-order valence-corrected chi connectivity index (χ3v) is 6.39. The molecule has 0 aliphatic carbocycles. The van der Waals surface area contributed by atoms with Crippen molar-refractivity contribution in [1.82, 2.24) is 19.4 Å². The van der Waals surface area contributed by atoms with E-state index in [0.717, 1.165) is 64.4 Å². The topological polar surface area (TPSA) is 92.9 Å². The fourth-order valence-electron chi connectivity index (χ4n) is 4.62. The number of anilines is 1. The standard InChI is InChI=1S/C21H33N7O2/c1-25-18-17(19(29)26(2)21(25)30)28(20(24-18)27-13-7-4-8-14-27)15-9-12-23-16-10-5-3-6-11-22-16/h3-15H2,1-2H3,(H,22,23)/p+2. The lowest BCUT2D eigenvalue weighted by molar-refractivity contribution is -0.659. The number of rotatable bonds is 5. The van der Waals surface area contributed by atoms with E-state index < -0.39 is 0 Å². The Morgan fingerprint density at radius 1 is 1.03 bits per heavy atom. The van der Waals surface area contributed by atoms with Gasteiger partial charge in [0.25, 0.3) is 5.56 Å². The van der Waals surface area contributed by atoms with E-state index in [1.165, 1.54) is 36.1 Å². The minimum Gasteiger partial charge on any atom is -0.279 e. The van der Waals surface area contributed by atoms with Gasteiger partial charge in [0.2, 0.25) is 17.0 Å². The van der Waals surface area contributed by atoms with Gasteiger partial charge in [-0.3, -0.25) is 29.1 Å². The Bertz CT molecular complexity index is 1040. The van der Waals surface area contributed by atoms with Crippen molar-refractivity contribution in [2.75, 3.05) is 31.1 Å². The minimum atomic E-state index is -0.302. The Morgan fingerprint density at radius 3 is 2.60 bits per heavy atom. The Kier molecular flexibility index (Phi) is 6.24. The molecule has 2 aliphatic heterocycles. The summed E-state index contributed by atoms with van der Waals surface area (Å²) in [5.41, 5.74) is 0.654. The highest BCUT2D eigenvalue weighted by molar-refractivity contribution is 5.76. The number of imidazole rings is 1. The van der Waals surface area contributed by atoms with Crippen LogP contribution in [0.5, 0.6) is 0 Å². The Labute approximate surface area is 176 Å². The predicted octanol–water partition coefficient (Wildman–Crippen LogP) is -1.12. The maximum Gasteiger partial charge on any atom is 0.359 e. The van der Waals surface area contributed by atoms with Gasteiger partial charge in [-0.25, -0.2) is 14.3 Å². The number of nitrogens with zero attached hydrogens (tertiary/aromatic N) is 4. The molecule has 0 aromatic carbocycles. The smallest absolute Gasteiger partial charge is 0.279 e. The van der Waals surface area contributed by atoms with E-state index in [-0.39, 0.29) is 11.2 Å². The fraction of sp³-hybridized carbons (Fsp3) is 0.714. The maximum absolute atomic E-state index is 13.0. The first-order valence-corrected chi connectivity index (χ1v) is 11.4. The molecule has 2 aromatic rings. The van der Waals surface area contributed by atoms with Crippen LogP contribution in [0.15, 0.2) is 9.59 Å². The maximum atomic E-state index is 13.0. The van der Waals surface area contributed by atoms with Crippen molar-refractivity contribution in [2.45, 2.75) is 57.9 Å². The summed E-state index contributed by atoms with van der Waals surface area (Å²) in [6.07, 6.45) is 9.28. The number of amidine groups is 1. The van der Waals surface area contributed by atoms with Gasteiger partial charge >= 0.3 is 11.6 Å². The molecule has 2 aromatic heterocycles. The van der Waals surface area contributed by atoms with Crippen LogP contribution in [0.1, 0.15) is 51.4 Å². The molecule has 4 rings (SSSR count). The average molecular weight is 418 g/mol. The lowest BCUT2D eigenvalue weighted by Gasteiger charge is -2.22. The van der Waals surface area contributed by atoms with E-state index >= 15 is 0 Å². The highest BCUT2D eigenvalue weighted by Crippen LogP contribution is 2.17. The average Bonchev–Trinajstić information content (AvgIpc) is 2.95. The molecule has 164 valence electrons. The van der Waals surface area contributed by atoms with Crippen LogP contribution < -0.4 is 31.0 Å². The van der Waals surface area contributed by atoms with Crippen LogP contribution in [-0.2, 0) is 20.6 Å². The Hall–Kier alpha value is -2.58. The molecular weight excluding hydrogens is 382 g/mol. The second kappa shape index (κ2) is 9.06. The van der Waals surface area contributed by atoms with Crippen molar-refractivity contribution in [2.24, 2.45) is 14.1 Å². The zero-order chi connectivity index (χ0) is 21.1. The number of fused-ring (bicyclic) bond motifs is 1. The molecule has 0 spiro atoms. The summed E-state index contributed by atoms with van der Waals surface area (Å²) in [5, 5.41) is 3.55. The van der Waals surface area contributed by atoms with Crippen LogP contribution in [0.25, 0.3) is 11.2 Å². The summed E-state index contributed by atoms with van der Waals surface area (Å²) in [5.74, 6) is 2.19. The van der Waals surface area contributed by atoms with Crippen LogP contribution in [-0.4, -0.2) is 46.1 Å². The van der Waals surface area contributed by atoms with Gasteiger partial charge in [-0.05, 0) is 38.5 Å². The lowest BCUT2D eigenvalue weighted by Crippen LogP contribution is -2.75. The van der Waals surface area contributed by atoms with E-state index in [1.54, 1.807) is 18.7 Å². The zero-order valence-corrected chi connectivity index (χ0v) is 18.3. The van der Waals surface area contributed by atoms with Crippen LogP contribution in [0.3, 0.4) is 0 Å². The van der Waals surface area contributed by atoms with Crippen LogP contribution in [0.4, 0.5) is 5.95 Å². The van der Waals surface area contributed by atoms with Gasteiger partial charge in [0.05, 0.1) is 32.7 Å². The summed E-state index contributed by atoms with van der Waals surface area (Å²) < 4.78 is 4.84. The molecule has 0 bridgehead atoms. The first kappa shape index (κ1) is 20.7. The molecule has 0 saturated carbocycles. The van der Waals surface area contributed by atoms with Crippen LogP contribution in [0, 0.1) is 0 Å². The molecule has 1 saturated heterocycles. The Morgan fingerprint density at radius 2 is 1.80 bits per heavy atom. The van der Waals surface area contributed by atoms with Crippen molar-refractivity contribution in [3.05, 3.63) is 20.8 Å². The molecule has 0 unspecified atom stereocenters. The number of aromatic nitrogens is 4. The second-order valence-electron chi connectivity index (χ2n) is 8.55. The van der Waals surface area contributed by atoms with E-state index in [4.69, 9.17) is 0 Å². The van der Waals surface area contributed by atoms with Gasteiger partial charge < -0.3 is 0 Å². The van der Waals surface area contributed by atoms with Crippen molar-refractivity contribution in [3.63, 3.8) is 0 Å². The summed E-state index contributed by atoms with van der Waals surface area (Å²) in [7, 11) is 3.28. The monoisotopic (exact) mass is 417 g/mol. The van der Waals surface area contributed by atoms with Gasteiger partial charge in [0.15, 0.2) is 0 Å². The third-order valence-electron chi connectivity index (χ3n) is 6.39. The van der Waals surface area contributed by atoms with E-state index in [1.807, 2.05) is 0 Å². The molecule has 9 heteroatoms. The molecule has 0 atom stereocenters. The fourth-order valence-corrected chi connectivity index (χ4v) is 4.62. The van der Waals surface area contributed by atoms with Gasteiger partial charge in [0, 0.05) is 26.9 Å². The highest BCUT2D eigenvalue weighted by Gasteiger charge is 2.29. The van der Waals surface area contributed by atoms with E-state index in [2.05, 4.69) is 24.8 Å². The van der Waals surface area contributed by atoms with Crippen molar-refractivity contribution in [1.29, 1.82) is 0 Å². The molecule has 2 aliphatic rings. The van der Waals surface area contributed by atoms with Crippen LogP contribution >= 0.6 is 0 Å². The van der Waals surface area contributed by atoms with E-state index in [0.29, 0.717) is 11.2 Å². The first-order chi connectivity index (χ1) is 14.6. The second-order valence-corrected chi connectivity index (χ2v) is 8.55. The number of hydrogen-bond acceptors (Lipinski definition) is 4. The summed E-state index contributed by atoms with van der Waals surface area (Å²) in [6, 6.07) is 0. The minimum absolute atomic E-state index is 0.236. The number of aryl methyl sites for hydroxylation is 2. The summed E-state index contributed by atoms with van der Waals surface area (Å²) in [6.45, 7) is 4.57. The summed E-state index contributed by atoms with van der Waals surface area (Å²) >= 11 is 0. The molecular formula is C21H35N7O2+2. The molecule has 0 radical (unpaired) electrons. The zero-order valence-electron chi connectivity index (χ0n) is 18.3. The highest BCUT2D eigenvalue weighted by atomic mass is 16.2. The number of aromatic amines is 1. The van der Waals surface area contributed by atoms with Crippen molar-refractivity contribution >= 4 is 22.9 Å². The SMILES string of the molecule is Cn1c(=O)c2c([nH]c(N3CCCCC3)[n+]2CCCNC2=[NH+]CCCCC2)n(C)c1=O. The van der Waals surface area contributed by atoms with Gasteiger partial charge in [0.1, 0.15) is 0 Å². The number of H-pyrrole nitrogens is 1. The number of hydrogen-bond donors (Lipinski definition) is 3. The first-order valence-electron chi connectivity index (χ1n) is 11.4. The van der Waals surface area contributed by atoms with Crippen molar-refractivity contribution < 1.29 is 9.56 Å². The van der Waals surface area contributed by atoms with Crippen LogP contribution in [0.2, 0.25) is 0 Å². The predicted molar refractivity (Wildman–Crippen MR) is 117 cm³/mol. The molecule has 3 N–H and O–H groups in total. The lowest BCUT2D eigenvalue weighted by atomic mass is 10.1. The van der Waals surface area contributed by atoms with E-state index in [9.17, 15) is 9.59 Å². The number of nitrogens with one attached hydrogen (secondary N) is 3. The summed E-state index contributed by atoms with van der Waals surface area (Å²) in [4.78, 5) is 34.6. The molecule has 30 heavy (non-hydrogen) atoms. The third kappa shape index (κ3) is 4.02. The molecule has 9 nitrogen and oxygen atoms in total. The van der Waals surface area contributed by atoms with Gasteiger partial charge in [-0.1, -0.05) is 0 Å². The normalized spacial score (nSPS) is 17.8. The molecule has 1 fully saturated rings. The largest absolute Gasteiger partial charge is 0.359 e. The van der Waals surface area contributed by atoms with Gasteiger partial charge in [-0.2, -0.15) is 0 Å². The molecule has 4 heterocycles. The quantitative estimate of drug-likeness (QED) is 0.424.